The van der Waals surface area contributed by atoms with Crippen LogP contribution in [0.5, 0.6) is 0 Å². The topological polar surface area (TPSA) is 49.4 Å². The molecule has 0 spiro atoms. The second-order valence-electron chi connectivity index (χ2n) is 4.87. The number of terminal acetylenes is 1. The Morgan fingerprint density at radius 2 is 1.81 bits per heavy atom. The standard InChI is InChI=1S/C16H18N2O2S/c1-4-5-12-17-21(19,20)16-11-7-8-13-14(16)9-6-10-15(13)18(2)3/h1,6-11,17H,5,12H2,2-3H3. The van der Waals surface area contributed by atoms with Crippen LogP contribution in [0.1, 0.15) is 6.42 Å². The van der Waals surface area contributed by atoms with E-state index in [1.165, 1.54) is 0 Å². The van der Waals surface area contributed by atoms with Crippen LogP contribution in [0, 0.1) is 12.3 Å². The van der Waals surface area contributed by atoms with Crippen molar-refractivity contribution in [3.8, 4) is 12.3 Å². The molecular formula is C16H18N2O2S. The molecule has 0 atom stereocenters. The molecule has 0 saturated carbocycles. The molecule has 0 amide bonds. The van der Waals surface area contributed by atoms with E-state index in [1.54, 1.807) is 12.1 Å². The number of rotatable bonds is 5. The molecule has 2 aromatic carbocycles. The molecule has 5 heteroatoms. The van der Waals surface area contributed by atoms with Gasteiger partial charge in [0, 0.05) is 43.5 Å². The van der Waals surface area contributed by atoms with Gasteiger partial charge in [-0.1, -0.05) is 24.3 Å². The minimum absolute atomic E-state index is 0.239. The van der Waals surface area contributed by atoms with E-state index in [1.807, 2.05) is 43.3 Å². The van der Waals surface area contributed by atoms with E-state index < -0.39 is 10.0 Å². The summed E-state index contributed by atoms with van der Waals surface area (Å²) < 4.78 is 27.4. The third kappa shape index (κ3) is 3.18. The minimum atomic E-state index is -3.57. The molecule has 0 unspecified atom stereocenters. The number of fused-ring (bicyclic) bond motifs is 1. The van der Waals surface area contributed by atoms with Crippen LogP contribution in [0.4, 0.5) is 5.69 Å². The summed E-state index contributed by atoms with van der Waals surface area (Å²) in [7, 11) is 0.298. The van der Waals surface area contributed by atoms with Gasteiger partial charge in [-0.15, -0.1) is 12.3 Å². The Morgan fingerprint density at radius 3 is 2.48 bits per heavy atom. The van der Waals surface area contributed by atoms with Gasteiger partial charge in [0.05, 0.1) is 4.90 Å². The van der Waals surface area contributed by atoms with Gasteiger partial charge in [-0.25, -0.2) is 13.1 Å². The van der Waals surface area contributed by atoms with Crippen molar-refractivity contribution in [3.05, 3.63) is 36.4 Å². The molecule has 0 aliphatic rings. The fraction of sp³-hybridized carbons (Fsp3) is 0.250. The van der Waals surface area contributed by atoms with Crippen molar-refractivity contribution in [2.75, 3.05) is 25.5 Å². The number of benzene rings is 2. The first-order valence-electron chi connectivity index (χ1n) is 6.59. The summed E-state index contributed by atoms with van der Waals surface area (Å²) in [6.45, 7) is 0.239. The minimum Gasteiger partial charge on any atom is -0.377 e. The lowest BCUT2D eigenvalue weighted by atomic mass is 10.1. The van der Waals surface area contributed by atoms with Crippen molar-refractivity contribution in [2.24, 2.45) is 0 Å². The van der Waals surface area contributed by atoms with Gasteiger partial charge in [-0.2, -0.15) is 0 Å². The molecule has 0 bridgehead atoms. The molecule has 1 N–H and O–H groups in total. The highest BCUT2D eigenvalue weighted by atomic mass is 32.2. The zero-order valence-electron chi connectivity index (χ0n) is 12.1. The number of hydrogen-bond acceptors (Lipinski definition) is 3. The molecule has 21 heavy (non-hydrogen) atoms. The molecule has 0 fully saturated rings. The molecular weight excluding hydrogens is 284 g/mol. The number of nitrogens with zero attached hydrogens (tertiary/aromatic N) is 1. The molecule has 0 aliphatic carbocycles. The third-order valence-corrected chi connectivity index (χ3v) is 4.71. The van der Waals surface area contributed by atoms with Crippen LogP contribution >= 0.6 is 0 Å². The van der Waals surface area contributed by atoms with Gasteiger partial charge in [0.15, 0.2) is 0 Å². The van der Waals surface area contributed by atoms with Crippen LogP contribution in [0.15, 0.2) is 41.3 Å². The molecule has 2 rings (SSSR count). The van der Waals surface area contributed by atoms with E-state index in [-0.39, 0.29) is 11.4 Å². The number of hydrogen-bond donors (Lipinski definition) is 1. The lowest BCUT2D eigenvalue weighted by Gasteiger charge is -2.17. The summed E-state index contributed by atoms with van der Waals surface area (Å²) in [5.74, 6) is 2.42. The van der Waals surface area contributed by atoms with Gasteiger partial charge in [0.2, 0.25) is 10.0 Å². The monoisotopic (exact) mass is 302 g/mol. The smallest absolute Gasteiger partial charge is 0.241 e. The highest BCUT2D eigenvalue weighted by Gasteiger charge is 2.17. The maximum atomic E-state index is 12.4. The van der Waals surface area contributed by atoms with E-state index >= 15 is 0 Å². The second kappa shape index (κ2) is 6.17. The van der Waals surface area contributed by atoms with E-state index in [4.69, 9.17) is 6.42 Å². The molecule has 0 aliphatic heterocycles. The first kappa shape index (κ1) is 15.4. The number of sulfonamides is 1. The average molecular weight is 302 g/mol. The van der Waals surface area contributed by atoms with Gasteiger partial charge in [0.1, 0.15) is 0 Å². The normalized spacial score (nSPS) is 11.3. The van der Waals surface area contributed by atoms with Gasteiger partial charge >= 0.3 is 0 Å². The van der Waals surface area contributed by atoms with Crippen molar-refractivity contribution >= 4 is 26.5 Å². The van der Waals surface area contributed by atoms with Crippen LogP contribution < -0.4 is 9.62 Å². The Labute approximate surface area is 125 Å². The van der Waals surface area contributed by atoms with Crippen LogP contribution in [0.25, 0.3) is 10.8 Å². The lowest BCUT2D eigenvalue weighted by molar-refractivity contribution is 0.583. The van der Waals surface area contributed by atoms with E-state index in [0.29, 0.717) is 11.8 Å². The van der Waals surface area contributed by atoms with Crippen LogP contribution in [0.2, 0.25) is 0 Å². The summed E-state index contributed by atoms with van der Waals surface area (Å²) in [5, 5.41) is 1.61. The largest absolute Gasteiger partial charge is 0.377 e. The SMILES string of the molecule is C#CCCNS(=O)(=O)c1cccc2c(N(C)C)cccc12. The number of nitrogens with one attached hydrogen (secondary N) is 1. The molecule has 0 heterocycles. The predicted octanol–water partition coefficient (Wildman–Crippen LogP) is 2.21. The van der Waals surface area contributed by atoms with Crippen molar-refractivity contribution in [3.63, 3.8) is 0 Å². The molecule has 110 valence electrons. The predicted molar refractivity (Wildman–Crippen MR) is 86.9 cm³/mol. The second-order valence-corrected chi connectivity index (χ2v) is 6.61. The van der Waals surface area contributed by atoms with Crippen molar-refractivity contribution < 1.29 is 8.42 Å². The molecule has 2 aromatic rings. The maximum absolute atomic E-state index is 12.4. The maximum Gasteiger partial charge on any atom is 0.241 e. The zero-order chi connectivity index (χ0) is 15.5. The van der Waals surface area contributed by atoms with Crippen LogP contribution in [-0.2, 0) is 10.0 Å². The Hall–Kier alpha value is -2.03. The molecule has 0 aromatic heterocycles. The molecule has 0 radical (unpaired) electrons. The van der Waals surface area contributed by atoms with Crippen molar-refractivity contribution in [1.82, 2.24) is 4.72 Å². The third-order valence-electron chi connectivity index (χ3n) is 3.19. The average Bonchev–Trinajstić information content (AvgIpc) is 2.46. The van der Waals surface area contributed by atoms with E-state index in [0.717, 1.165) is 11.1 Å². The van der Waals surface area contributed by atoms with Gasteiger partial charge < -0.3 is 4.90 Å². The van der Waals surface area contributed by atoms with Crippen molar-refractivity contribution in [2.45, 2.75) is 11.3 Å². The summed E-state index contributed by atoms with van der Waals surface area (Å²) >= 11 is 0. The van der Waals surface area contributed by atoms with Gasteiger partial charge in [-0.05, 0) is 12.1 Å². The van der Waals surface area contributed by atoms with Gasteiger partial charge in [0.25, 0.3) is 0 Å². The first-order valence-corrected chi connectivity index (χ1v) is 8.08. The molecule has 4 nitrogen and oxygen atoms in total. The Morgan fingerprint density at radius 1 is 1.14 bits per heavy atom. The summed E-state index contributed by atoms with van der Waals surface area (Å²) in [6, 6.07) is 10.9. The zero-order valence-corrected chi connectivity index (χ0v) is 12.9. The fourth-order valence-electron chi connectivity index (χ4n) is 2.22. The van der Waals surface area contributed by atoms with E-state index in [9.17, 15) is 8.42 Å². The number of anilines is 1. The highest BCUT2D eigenvalue weighted by Crippen LogP contribution is 2.29. The first-order chi connectivity index (χ1) is 9.97. The summed E-state index contributed by atoms with van der Waals surface area (Å²) in [5.41, 5.74) is 0.980. The Kier molecular flexibility index (Phi) is 4.51. The van der Waals surface area contributed by atoms with Crippen LogP contribution in [-0.4, -0.2) is 29.1 Å². The fourth-order valence-corrected chi connectivity index (χ4v) is 3.48. The van der Waals surface area contributed by atoms with Gasteiger partial charge in [-0.3, -0.25) is 0 Å². The van der Waals surface area contributed by atoms with Crippen LogP contribution in [0.3, 0.4) is 0 Å². The lowest BCUT2D eigenvalue weighted by Crippen LogP contribution is -2.24. The Balaban J connectivity index is 2.56. The Bertz CT molecular complexity index is 790. The highest BCUT2D eigenvalue weighted by molar-refractivity contribution is 7.89. The van der Waals surface area contributed by atoms with Crippen molar-refractivity contribution in [1.29, 1.82) is 0 Å². The molecule has 0 saturated heterocycles. The summed E-state index contributed by atoms with van der Waals surface area (Å²) in [4.78, 5) is 2.24. The summed E-state index contributed by atoms with van der Waals surface area (Å²) in [6.07, 6.45) is 5.52. The van der Waals surface area contributed by atoms with E-state index in [2.05, 4.69) is 10.6 Å². The quantitative estimate of drug-likeness (QED) is 0.680.